The lowest BCUT2D eigenvalue weighted by Gasteiger charge is -1.94. The molecule has 72 valence electrons. The number of hydrogen-bond acceptors (Lipinski definition) is 2. The Kier molecular flexibility index (Phi) is 2.77. The number of thiophene rings is 1. The molecular weight excluding hydrogens is 214 g/mol. The average Bonchev–Trinajstić information content (AvgIpc) is 2.68. The summed E-state index contributed by atoms with van der Waals surface area (Å²) in [5.74, 6) is 0. The molecule has 0 saturated carbocycles. The average molecular weight is 223 g/mol. The minimum absolute atomic E-state index is 0.712. The van der Waals surface area contributed by atoms with Gasteiger partial charge in [-0.25, -0.2) is 9.35 Å². The van der Waals surface area contributed by atoms with Crippen LogP contribution in [0.1, 0.15) is 0 Å². The van der Waals surface area contributed by atoms with Crippen LogP contribution in [-0.4, -0.2) is 4.21 Å². The summed E-state index contributed by atoms with van der Waals surface area (Å²) < 4.78 is 11.7. The highest BCUT2D eigenvalue weighted by molar-refractivity contribution is 7.85. The van der Waals surface area contributed by atoms with Crippen LogP contribution in [0.2, 0.25) is 0 Å². The Hall–Kier alpha value is -0.970. The van der Waals surface area contributed by atoms with Crippen molar-refractivity contribution in [3.05, 3.63) is 42.5 Å². The first-order chi connectivity index (χ1) is 6.77. The Labute approximate surface area is 89.0 Å². The number of rotatable bonds is 2. The molecule has 2 rings (SSSR count). The summed E-state index contributed by atoms with van der Waals surface area (Å²) >= 11 is 1.47. The van der Waals surface area contributed by atoms with Crippen LogP contribution in [0.3, 0.4) is 0 Å². The van der Waals surface area contributed by atoms with Crippen molar-refractivity contribution >= 4 is 22.3 Å². The Bertz CT molecular complexity index is 450. The van der Waals surface area contributed by atoms with Gasteiger partial charge in [-0.15, -0.1) is 11.3 Å². The molecule has 0 amide bonds. The second kappa shape index (κ2) is 4.04. The van der Waals surface area contributed by atoms with Gasteiger partial charge in [-0.2, -0.15) is 0 Å². The zero-order valence-corrected chi connectivity index (χ0v) is 8.98. The Morgan fingerprint density at radius 1 is 1.07 bits per heavy atom. The van der Waals surface area contributed by atoms with Crippen LogP contribution >= 0.6 is 11.3 Å². The number of nitrogens with two attached hydrogens (primary N) is 1. The molecule has 2 aromatic rings. The molecule has 1 unspecified atom stereocenters. The van der Waals surface area contributed by atoms with E-state index < -0.39 is 11.0 Å². The molecule has 2 nitrogen and oxygen atoms in total. The first-order valence-corrected chi connectivity index (χ1v) is 6.12. The number of hydrogen-bond donors (Lipinski definition) is 1. The Morgan fingerprint density at radius 2 is 1.79 bits per heavy atom. The van der Waals surface area contributed by atoms with Crippen LogP contribution in [0.15, 0.2) is 46.7 Å². The van der Waals surface area contributed by atoms with E-state index in [1.165, 1.54) is 11.3 Å². The molecule has 0 saturated heterocycles. The summed E-state index contributed by atoms with van der Waals surface area (Å²) in [6.07, 6.45) is 0. The predicted octanol–water partition coefficient (Wildman–Crippen LogP) is 2.40. The van der Waals surface area contributed by atoms with Gasteiger partial charge in [-0.1, -0.05) is 30.3 Å². The van der Waals surface area contributed by atoms with Gasteiger partial charge in [0.2, 0.25) is 0 Å². The summed E-state index contributed by atoms with van der Waals surface area (Å²) in [7, 11) is -1.36. The maximum Gasteiger partial charge on any atom is 0.132 e. The van der Waals surface area contributed by atoms with Gasteiger partial charge in [0.15, 0.2) is 0 Å². The quantitative estimate of drug-likeness (QED) is 0.834. The van der Waals surface area contributed by atoms with Crippen LogP contribution in [0.4, 0.5) is 0 Å². The summed E-state index contributed by atoms with van der Waals surface area (Å²) in [4.78, 5) is 1.10. The SMILES string of the molecule is NS(=O)c1ccc(-c2ccccc2)s1. The van der Waals surface area contributed by atoms with Crippen molar-refractivity contribution in [3.63, 3.8) is 0 Å². The Morgan fingerprint density at radius 3 is 2.36 bits per heavy atom. The van der Waals surface area contributed by atoms with E-state index in [1.54, 1.807) is 0 Å². The molecule has 14 heavy (non-hydrogen) atoms. The maximum absolute atomic E-state index is 11.0. The second-order valence-corrected chi connectivity index (χ2v) is 5.16. The standard InChI is InChI=1S/C10H9NOS2/c11-14(12)10-7-6-9(13-10)8-4-2-1-3-5-8/h1-7H,11H2. The van der Waals surface area contributed by atoms with Crippen LogP contribution in [0, 0.1) is 0 Å². The van der Waals surface area contributed by atoms with E-state index in [1.807, 2.05) is 42.5 Å². The highest BCUT2D eigenvalue weighted by Crippen LogP contribution is 2.28. The van der Waals surface area contributed by atoms with Gasteiger partial charge >= 0.3 is 0 Å². The van der Waals surface area contributed by atoms with Crippen molar-refractivity contribution in [2.45, 2.75) is 4.21 Å². The fraction of sp³-hybridized carbons (Fsp3) is 0. The molecule has 0 bridgehead atoms. The van der Waals surface area contributed by atoms with E-state index in [2.05, 4.69) is 0 Å². The maximum atomic E-state index is 11.0. The molecule has 0 fully saturated rings. The van der Waals surface area contributed by atoms with Gasteiger partial charge in [0.05, 0.1) is 0 Å². The summed E-state index contributed by atoms with van der Waals surface area (Å²) in [5.41, 5.74) is 1.13. The third-order valence-corrected chi connectivity index (χ3v) is 4.04. The minimum Gasteiger partial charge on any atom is -0.247 e. The second-order valence-electron chi connectivity index (χ2n) is 2.78. The fourth-order valence-corrected chi connectivity index (χ4v) is 2.73. The van der Waals surface area contributed by atoms with Crippen molar-refractivity contribution in [1.82, 2.24) is 0 Å². The molecule has 0 spiro atoms. The molecule has 0 radical (unpaired) electrons. The topological polar surface area (TPSA) is 43.1 Å². The van der Waals surface area contributed by atoms with Crippen molar-refractivity contribution in [1.29, 1.82) is 0 Å². The van der Waals surface area contributed by atoms with Crippen molar-refractivity contribution in [2.24, 2.45) is 5.14 Å². The first-order valence-electron chi connectivity index (χ1n) is 4.09. The summed E-state index contributed by atoms with van der Waals surface area (Å²) in [6.45, 7) is 0. The van der Waals surface area contributed by atoms with Gasteiger partial charge in [0.25, 0.3) is 0 Å². The van der Waals surface area contributed by atoms with E-state index in [0.29, 0.717) is 4.21 Å². The molecule has 1 aromatic heterocycles. The van der Waals surface area contributed by atoms with E-state index in [-0.39, 0.29) is 0 Å². The van der Waals surface area contributed by atoms with Crippen molar-refractivity contribution in [3.8, 4) is 10.4 Å². The molecular formula is C10H9NOS2. The summed E-state index contributed by atoms with van der Waals surface area (Å²) in [6, 6.07) is 13.7. The highest BCUT2D eigenvalue weighted by Gasteiger charge is 2.04. The van der Waals surface area contributed by atoms with Crippen molar-refractivity contribution in [2.75, 3.05) is 0 Å². The van der Waals surface area contributed by atoms with E-state index in [4.69, 9.17) is 5.14 Å². The Balaban J connectivity index is 2.39. The van der Waals surface area contributed by atoms with E-state index >= 15 is 0 Å². The molecule has 1 atom stereocenters. The third kappa shape index (κ3) is 1.92. The largest absolute Gasteiger partial charge is 0.247 e. The van der Waals surface area contributed by atoms with Gasteiger partial charge in [-0.05, 0) is 17.7 Å². The fourth-order valence-electron chi connectivity index (χ4n) is 1.19. The van der Waals surface area contributed by atoms with E-state index in [9.17, 15) is 4.21 Å². The van der Waals surface area contributed by atoms with Crippen LogP contribution < -0.4 is 5.14 Å². The monoisotopic (exact) mass is 223 g/mol. The molecule has 0 aliphatic carbocycles. The van der Waals surface area contributed by atoms with Gasteiger partial charge in [0, 0.05) is 4.88 Å². The lowest BCUT2D eigenvalue weighted by molar-refractivity contribution is 0.685. The predicted molar refractivity (Wildman–Crippen MR) is 60.4 cm³/mol. The first kappa shape index (κ1) is 9.58. The molecule has 0 aliphatic heterocycles. The lowest BCUT2D eigenvalue weighted by Crippen LogP contribution is -1.99. The van der Waals surface area contributed by atoms with Crippen molar-refractivity contribution < 1.29 is 4.21 Å². The zero-order chi connectivity index (χ0) is 9.97. The molecule has 1 aromatic carbocycles. The highest BCUT2D eigenvalue weighted by atomic mass is 32.2. The van der Waals surface area contributed by atoms with Crippen LogP contribution in [0.5, 0.6) is 0 Å². The normalized spacial score (nSPS) is 12.6. The van der Waals surface area contributed by atoms with Gasteiger partial charge in [-0.3, -0.25) is 0 Å². The van der Waals surface area contributed by atoms with Crippen LogP contribution in [0.25, 0.3) is 10.4 Å². The van der Waals surface area contributed by atoms with Crippen LogP contribution in [-0.2, 0) is 11.0 Å². The minimum atomic E-state index is -1.36. The third-order valence-electron chi connectivity index (χ3n) is 1.84. The lowest BCUT2D eigenvalue weighted by atomic mass is 10.2. The smallest absolute Gasteiger partial charge is 0.132 e. The van der Waals surface area contributed by atoms with Gasteiger partial charge < -0.3 is 0 Å². The molecule has 2 N–H and O–H groups in total. The summed E-state index contributed by atoms with van der Waals surface area (Å²) in [5, 5.41) is 5.29. The van der Waals surface area contributed by atoms with Gasteiger partial charge in [0.1, 0.15) is 15.2 Å². The molecule has 1 heterocycles. The molecule has 4 heteroatoms. The number of benzene rings is 1. The zero-order valence-electron chi connectivity index (χ0n) is 7.34. The molecule has 0 aliphatic rings. The van der Waals surface area contributed by atoms with E-state index in [0.717, 1.165) is 10.4 Å².